The molecule has 0 saturated heterocycles. The number of hydrogen-bond acceptors (Lipinski definition) is 1. The lowest BCUT2D eigenvalue weighted by molar-refractivity contribution is 0.343. The maximum atomic E-state index is 8.95. The molecule has 2 aromatic rings. The summed E-state index contributed by atoms with van der Waals surface area (Å²) in [5.74, 6) is 0. The van der Waals surface area contributed by atoms with Gasteiger partial charge in [-0.3, -0.25) is 0 Å². The van der Waals surface area contributed by atoms with Crippen LogP contribution in [0.1, 0.15) is 16.7 Å². The quantitative estimate of drug-likeness (QED) is 0.640. The van der Waals surface area contributed by atoms with E-state index in [1.807, 2.05) is 24.3 Å². The molecule has 0 atom stereocenters. The van der Waals surface area contributed by atoms with Crippen molar-refractivity contribution in [3.63, 3.8) is 0 Å². The molecule has 0 aromatic heterocycles. The predicted molar refractivity (Wildman–Crippen MR) is 81.7 cm³/mol. The molecule has 0 amide bonds. The minimum absolute atomic E-state index is 0.0536. The summed E-state index contributed by atoms with van der Waals surface area (Å²) >= 11 is 0. The lowest BCUT2D eigenvalue weighted by Gasteiger charge is -2.03. The van der Waals surface area contributed by atoms with Gasteiger partial charge in [0.15, 0.2) is 0 Å². The van der Waals surface area contributed by atoms with Gasteiger partial charge < -0.3 is 5.11 Å². The number of benzene rings is 2. The maximum Gasteiger partial charge on any atom is 0.0615 e. The number of rotatable bonds is 4. The zero-order valence-electron chi connectivity index (χ0n) is 11.1. The van der Waals surface area contributed by atoms with Gasteiger partial charge in [-0.25, -0.2) is 0 Å². The van der Waals surface area contributed by atoms with Crippen LogP contribution < -0.4 is 0 Å². The molecule has 0 aliphatic rings. The molecular weight excluding hydrogens is 232 g/mol. The summed E-state index contributed by atoms with van der Waals surface area (Å²) in [5, 5.41) is 8.95. The Balaban J connectivity index is 2.37. The van der Waals surface area contributed by atoms with Crippen LogP contribution in [0.2, 0.25) is 0 Å². The first-order valence-electron chi connectivity index (χ1n) is 6.41. The summed E-state index contributed by atoms with van der Waals surface area (Å²) < 4.78 is 0. The molecule has 0 saturated carbocycles. The first kappa shape index (κ1) is 13.3. The van der Waals surface area contributed by atoms with Crippen LogP contribution in [0.3, 0.4) is 0 Å². The molecule has 2 aromatic carbocycles. The average Bonchev–Trinajstić information content (AvgIpc) is 2.46. The minimum Gasteiger partial charge on any atom is -0.392 e. The van der Waals surface area contributed by atoms with Crippen molar-refractivity contribution in [1.29, 1.82) is 0 Å². The van der Waals surface area contributed by atoms with Crippen LogP contribution >= 0.6 is 0 Å². The summed E-state index contributed by atoms with van der Waals surface area (Å²) in [6.07, 6.45) is 5.84. The van der Waals surface area contributed by atoms with E-state index in [1.165, 1.54) is 5.56 Å². The van der Waals surface area contributed by atoms with Gasteiger partial charge in [-0.2, -0.15) is 0 Å². The minimum atomic E-state index is 0.0536. The van der Waals surface area contributed by atoms with E-state index in [-0.39, 0.29) is 6.61 Å². The van der Waals surface area contributed by atoms with Crippen LogP contribution in [0.5, 0.6) is 0 Å². The SMILES string of the molecule is Cc1ccc(C=C(C=CCO)c2ccccc2)cc1. The highest BCUT2D eigenvalue weighted by Crippen LogP contribution is 2.19. The van der Waals surface area contributed by atoms with Crippen LogP contribution in [-0.4, -0.2) is 11.7 Å². The van der Waals surface area contributed by atoms with Gasteiger partial charge in [0.25, 0.3) is 0 Å². The fraction of sp³-hybridized carbons (Fsp3) is 0.111. The summed E-state index contributed by atoms with van der Waals surface area (Å²) in [7, 11) is 0. The first-order chi connectivity index (χ1) is 9.29. The standard InChI is InChI=1S/C18H18O/c1-15-9-11-16(12-10-15)14-18(8-5-13-19)17-6-3-2-4-7-17/h2-12,14,19H,13H2,1H3. The molecule has 0 aliphatic heterocycles. The molecule has 1 N–H and O–H groups in total. The van der Waals surface area contributed by atoms with Gasteiger partial charge in [0, 0.05) is 0 Å². The topological polar surface area (TPSA) is 20.2 Å². The molecule has 0 heterocycles. The fourth-order valence-electron chi connectivity index (χ4n) is 1.88. The lowest BCUT2D eigenvalue weighted by Crippen LogP contribution is -1.83. The van der Waals surface area contributed by atoms with Gasteiger partial charge in [0.1, 0.15) is 0 Å². The smallest absolute Gasteiger partial charge is 0.0615 e. The molecule has 19 heavy (non-hydrogen) atoms. The van der Waals surface area contributed by atoms with Gasteiger partial charge in [-0.1, -0.05) is 72.3 Å². The maximum absolute atomic E-state index is 8.95. The second-order valence-electron chi connectivity index (χ2n) is 4.46. The predicted octanol–water partition coefficient (Wildman–Crippen LogP) is 4.08. The van der Waals surface area contributed by atoms with E-state index in [1.54, 1.807) is 6.08 Å². The summed E-state index contributed by atoms with van der Waals surface area (Å²) in [6, 6.07) is 18.6. The van der Waals surface area contributed by atoms with Crippen molar-refractivity contribution in [1.82, 2.24) is 0 Å². The van der Waals surface area contributed by atoms with E-state index in [2.05, 4.69) is 49.4 Å². The van der Waals surface area contributed by atoms with E-state index >= 15 is 0 Å². The van der Waals surface area contributed by atoms with E-state index in [9.17, 15) is 0 Å². The molecule has 0 unspecified atom stereocenters. The average molecular weight is 250 g/mol. The van der Waals surface area contributed by atoms with E-state index in [4.69, 9.17) is 5.11 Å². The molecule has 1 nitrogen and oxygen atoms in total. The van der Waals surface area contributed by atoms with Crippen molar-refractivity contribution >= 4 is 11.6 Å². The number of allylic oxidation sites excluding steroid dienone is 2. The van der Waals surface area contributed by atoms with Crippen LogP contribution in [0, 0.1) is 6.92 Å². The number of aryl methyl sites for hydroxylation is 1. The highest BCUT2D eigenvalue weighted by molar-refractivity contribution is 5.87. The molecular formula is C18H18O. The highest BCUT2D eigenvalue weighted by atomic mass is 16.2. The van der Waals surface area contributed by atoms with E-state index < -0.39 is 0 Å². The van der Waals surface area contributed by atoms with Gasteiger partial charge in [0.05, 0.1) is 6.61 Å². The largest absolute Gasteiger partial charge is 0.392 e. The third-order valence-corrected chi connectivity index (χ3v) is 2.91. The Morgan fingerprint density at radius 2 is 1.68 bits per heavy atom. The van der Waals surface area contributed by atoms with Gasteiger partial charge in [-0.15, -0.1) is 0 Å². The number of aliphatic hydroxyl groups excluding tert-OH is 1. The first-order valence-corrected chi connectivity index (χ1v) is 6.41. The Morgan fingerprint density at radius 1 is 1.00 bits per heavy atom. The van der Waals surface area contributed by atoms with Crippen LogP contribution in [0.4, 0.5) is 0 Å². The van der Waals surface area contributed by atoms with Crippen molar-refractivity contribution < 1.29 is 5.11 Å². The van der Waals surface area contributed by atoms with Crippen LogP contribution in [0.25, 0.3) is 11.6 Å². The molecule has 2 rings (SSSR count). The summed E-state index contributed by atoms with van der Waals surface area (Å²) in [5.41, 5.74) is 4.66. The third kappa shape index (κ3) is 3.94. The Kier molecular flexibility index (Phi) is 4.71. The second-order valence-corrected chi connectivity index (χ2v) is 4.46. The van der Waals surface area contributed by atoms with Gasteiger partial charge in [0.2, 0.25) is 0 Å². The molecule has 0 spiro atoms. The Bertz CT molecular complexity index is 562. The van der Waals surface area contributed by atoms with Crippen molar-refractivity contribution in [2.24, 2.45) is 0 Å². The lowest BCUT2D eigenvalue weighted by atomic mass is 10.0. The number of aliphatic hydroxyl groups is 1. The van der Waals surface area contributed by atoms with Crippen LogP contribution in [-0.2, 0) is 0 Å². The molecule has 96 valence electrons. The van der Waals surface area contributed by atoms with Crippen LogP contribution in [0.15, 0.2) is 66.7 Å². The molecule has 0 aliphatic carbocycles. The monoisotopic (exact) mass is 250 g/mol. The summed E-state index contributed by atoms with van der Waals surface area (Å²) in [6.45, 7) is 2.13. The van der Waals surface area contributed by atoms with Crippen molar-refractivity contribution in [2.45, 2.75) is 6.92 Å². The summed E-state index contributed by atoms with van der Waals surface area (Å²) in [4.78, 5) is 0. The zero-order chi connectivity index (χ0) is 13.5. The van der Waals surface area contributed by atoms with Gasteiger partial charge in [-0.05, 0) is 29.7 Å². The normalized spacial score (nSPS) is 12.0. The molecule has 1 heteroatoms. The highest BCUT2D eigenvalue weighted by Gasteiger charge is 1.97. The number of hydrogen-bond donors (Lipinski definition) is 1. The van der Waals surface area contributed by atoms with Gasteiger partial charge >= 0.3 is 0 Å². The van der Waals surface area contributed by atoms with E-state index in [0.29, 0.717) is 0 Å². The Morgan fingerprint density at radius 3 is 2.32 bits per heavy atom. The van der Waals surface area contributed by atoms with E-state index in [0.717, 1.165) is 16.7 Å². The van der Waals surface area contributed by atoms with Crippen molar-refractivity contribution in [2.75, 3.05) is 6.61 Å². The Labute approximate surface area is 114 Å². The Hall–Kier alpha value is -2.12. The van der Waals surface area contributed by atoms with Crippen molar-refractivity contribution in [3.8, 4) is 0 Å². The molecule has 0 fully saturated rings. The zero-order valence-corrected chi connectivity index (χ0v) is 11.1. The van der Waals surface area contributed by atoms with Crippen molar-refractivity contribution in [3.05, 3.63) is 83.4 Å². The molecule has 0 bridgehead atoms. The fourth-order valence-corrected chi connectivity index (χ4v) is 1.88. The molecule has 0 radical (unpaired) electrons. The third-order valence-electron chi connectivity index (χ3n) is 2.91. The second kappa shape index (κ2) is 6.72.